The minimum Gasteiger partial charge on any atom is -0.289 e. The highest BCUT2D eigenvalue weighted by Crippen LogP contribution is 2.25. The number of rotatable bonds is 2. The molecule has 2 aromatic carbocycles. The first-order valence-corrected chi connectivity index (χ1v) is 7.02. The highest BCUT2D eigenvalue weighted by Gasteiger charge is 2.17. The fourth-order valence-electron chi connectivity index (χ4n) is 2.58. The van der Waals surface area contributed by atoms with E-state index in [1.165, 1.54) is 16.7 Å². The first-order valence-electron chi connectivity index (χ1n) is 7.02. The monoisotopic (exact) mass is 266 g/mol. The van der Waals surface area contributed by atoms with Crippen LogP contribution in [-0.4, -0.2) is 5.78 Å². The lowest BCUT2D eigenvalue weighted by molar-refractivity contribution is 0.103. The van der Waals surface area contributed by atoms with Crippen molar-refractivity contribution in [3.8, 4) is 0 Å². The van der Waals surface area contributed by atoms with E-state index in [1.54, 1.807) is 0 Å². The van der Waals surface area contributed by atoms with Crippen LogP contribution < -0.4 is 0 Å². The fourth-order valence-corrected chi connectivity index (χ4v) is 2.58. The van der Waals surface area contributed by atoms with Gasteiger partial charge in [-0.15, -0.1) is 0 Å². The highest BCUT2D eigenvalue weighted by atomic mass is 16.1. The van der Waals surface area contributed by atoms with Gasteiger partial charge in [-0.2, -0.15) is 0 Å². The zero-order valence-corrected chi connectivity index (χ0v) is 13.2. The number of hydrogen-bond acceptors (Lipinski definition) is 1. The van der Waals surface area contributed by atoms with Crippen molar-refractivity contribution < 1.29 is 4.79 Å². The van der Waals surface area contributed by atoms with Crippen LogP contribution in [0.25, 0.3) is 0 Å². The Bertz CT molecular complexity index is 667. The highest BCUT2D eigenvalue weighted by molar-refractivity contribution is 6.11. The molecule has 0 N–H and O–H groups in total. The summed E-state index contributed by atoms with van der Waals surface area (Å²) in [4.78, 5) is 12.9. The Labute approximate surface area is 121 Å². The maximum Gasteiger partial charge on any atom is 0.193 e. The minimum atomic E-state index is 0.134. The maximum atomic E-state index is 12.9. The van der Waals surface area contributed by atoms with E-state index in [1.807, 2.05) is 39.0 Å². The van der Waals surface area contributed by atoms with Crippen molar-refractivity contribution in [1.82, 2.24) is 0 Å². The summed E-state index contributed by atoms with van der Waals surface area (Å²) in [6, 6.07) is 8.10. The third-order valence-corrected chi connectivity index (χ3v) is 4.36. The molecule has 1 nitrogen and oxygen atoms in total. The molecule has 0 aliphatic rings. The van der Waals surface area contributed by atoms with E-state index in [9.17, 15) is 4.79 Å². The van der Waals surface area contributed by atoms with E-state index in [-0.39, 0.29) is 5.78 Å². The van der Waals surface area contributed by atoms with E-state index in [4.69, 9.17) is 0 Å². The summed E-state index contributed by atoms with van der Waals surface area (Å²) in [5.41, 5.74) is 8.58. The average Bonchev–Trinajstić information content (AvgIpc) is 2.40. The van der Waals surface area contributed by atoms with Gasteiger partial charge in [0.2, 0.25) is 0 Å². The molecular weight excluding hydrogens is 244 g/mol. The van der Waals surface area contributed by atoms with Crippen LogP contribution in [0.3, 0.4) is 0 Å². The summed E-state index contributed by atoms with van der Waals surface area (Å²) in [6.45, 7) is 12.3. The molecule has 0 radical (unpaired) electrons. The first kappa shape index (κ1) is 14.5. The Kier molecular flexibility index (Phi) is 3.80. The molecule has 0 atom stereocenters. The molecule has 0 aromatic heterocycles. The smallest absolute Gasteiger partial charge is 0.193 e. The summed E-state index contributed by atoms with van der Waals surface area (Å²) in [6.07, 6.45) is 0. The quantitative estimate of drug-likeness (QED) is 0.716. The second-order valence-electron chi connectivity index (χ2n) is 5.76. The lowest BCUT2D eigenvalue weighted by atomic mass is 9.88. The van der Waals surface area contributed by atoms with Gasteiger partial charge >= 0.3 is 0 Å². The molecule has 0 saturated carbocycles. The van der Waals surface area contributed by atoms with Crippen LogP contribution in [0.1, 0.15) is 49.3 Å². The van der Waals surface area contributed by atoms with Gasteiger partial charge in [0.1, 0.15) is 0 Å². The van der Waals surface area contributed by atoms with Crippen molar-refractivity contribution in [3.63, 3.8) is 0 Å². The van der Waals surface area contributed by atoms with Gasteiger partial charge in [-0.3, -0.25) is 4.79 Å². The maximum absolute atomic E-state index is 12.9. The summed E-state index contributed by atoms with van der Waals surface area (Å²) < 4.78 is 0. The zero-order chi connectivity index (χ0) is 15.0. The molecule has 0 aliphatic heterocycles. The van der Waals surface area contributed by atoms with Crippen LogP contribution in [0, 0.1) is 41.5 Å². The molecule has 0 amide bonds. The number of ketones is 1. The van der Waals surface area contributed by atoms with Crippen LogP contribution in [0.2, 0.25) is 0 Å². The Hall–Kier alpha value is -1.89. The normalized spacial score (nSPS) is 10.7. The Morgan fingerprint density at radius 2 is 1.25 bits per heavy atom. The second-order valence-corrected chi connectivity index (χ2v) is 5.76. The van der Waals surface area contributed by atoms with Crippen molar-refractivity contribution in [1.29, 1.82) is 0 Å². The molecule has 2 aromatic rings. The first-order chi connectivity index (χ1) is 9.32. The molecule has 2 rings (SSSR count). The number of carbonyl (C=O) groups excluding carboxylic acids is 1. The van der Waals surface area contributed by atoms with Gasteiger partial charge in [0, 0.05) is 11.1 Å². The van der Waals surface area contributed by atoms with Crippen molar-refractivity contribution in [2.24, 2.45) is 0 Å². The van der Waals surface area contributed by atoms with Crippen LogP contribution in [0.4, 0.5) is 0 Å². The number of hydrogen-bond donors (Lipinski definition) is 0. The Morgan fingerprint density at radius 1 is 0.700 bits per heavy atom. The minimum absolute atomic E-state index is 0.134. The molecular formula is C19H22O. The van der Waals surface area contributed by atoms with E-state index in [0.29, 0.717) is 0 Å². The van der Waals surface area contributed by atoms with Crippen LogP contribution in [-0.2, 0) is 0 Å². The third-order valence-electron chi connectivity index (χ3n) is 4.36. The van der Waals surface area contributed by atoms with Gasteiger partial charge in [0.05, 0.1) is 0 Å². The lowest BCUT2D eigenvalue weighted by Crippen LogP contribution is -2.09. The van der Waals surface area contributed by atoms with Crippen molar-refractivity contribution in [2.75, 3.05) is 0 Å². The predicted octanol–water partition coefficient (Wildman–Crippen LogP) is 4.77. The molecule has 0 spiro atoms. The second kappa shape index (κ2) is 5.24. The molecule has 0 bridgehead atoms. The van der Waals surface area contributed by atoms with Gasteiger partial charge in [-0.1, -0.05) is 18.2 Å². The Morgan fingerprint density at radius 3 is 1.75 bits per heavy atom. The van der Waals surface area contributed by atoms with Crippen LogP contribution in [0.15, 0.2) is 24.3 Å². The predicted molar refractivity (Wildman–Crippen MR) is 84.7 cm³/mol. The number of carbonyl (C=O) groups is 1. The molecule has 0 saturated heterocycles. The molecule has 104 valence electrons. The van der Waals surface area contributed by atoms with Crippen molar-refractivity contribution >= 4 is 5.78 Å². The summed E-state index contributed by atoms with van der Waals surface area (Å²) in [5.74, 6) is 0.134. The largest absolute Gasteiger partial charge is 0.289 e. The third kappa shape index (κ3) is 2.40. The summed E-state index contributed by atoms with van der Waals surface area (Å²) in [5, 5.41) is 0. The van der Waals surface area contributed by atoms with Gasteiger partial charge in [0.25, 0.3) is 0 Å². The molecule has 0 fully saturated rings. The number of benzene rings is 2. The average molecular weight is 266 g/mol. The standard InChI is InChI=1S/C19H22O/c1-11-7-8-17(10-12(11)2)19(20)18-15(5)13(3)9-14(4)16(18)6/h7-10H,1-6H3. The molecule has 1 heteroatoms. The van der Waals surface area contributed by atoms with Gasteiger partial charge in [-0.05, 0) is 81.0 Å². The topological polar surface area (TPSA) is 17.1 Å². The Balaban J connectivity index is 2.62. The van der Waals surface area contributed by atoms with Gasteiger partial charge in [-0.25, -0.2) is 0 Å². The van der Waals surface area contributed by atoms with Crippen LogP contribution >= 0.6 is 0 Å². The van der Waals surface area contributed by atoms with E-state index in [2.05, 4.69) is 26.8 Å². The number of aryl methyl sites for hydroxylation is 4. The summed E-state index contributed by atoms with van der Waals surface area (Å²) in [7, 11) is 0. The van der Waals surface area contributed by atoms with E-state index < -0.39 is 0 Å². The van der Waals surface area contributed by atoms with Gasteiger partial charge in [0.15, 0.2) is 5.78 Å². The van der Waals surface area contributed by atoms with Crippen molar-refractivity contribution in [2.45, 2.75) is 41.5 Å². The molecule has 0 unspecified atom stereocenters. The van der Waals surface area contributed by atoms with Crippen LogP contribution in [0.5, 0.6) is 0 Å². The van der Waals surface area contributed by atoms with E-state index >= 15 is 0 Å². The van der Waals surface area contributed by atoms with E-state index in [0.717, 1.165) is 27.8 Å². The SMILES string of the molecule is Cc1ccc(C(=O)c2c(C)c(C)cc(C)c2C)cc1C. The lowest BCUT2D eigenvalue weighted by Gasteiger charge is -2.15. The van der Waals surface area contributed by atoms with Crippen molar-refractivity contribution in [3.05, 3.63) is 68.8 Å². The zero-order valence-electron chi connectivity index (χ0n) is 13.2. The molecule has 0 aliphatic carbocycles. The summed E-state index contributed by atoms with van der Waals surface area (Å²) >= 11 is 0. The molecule has 20 heavy (non-hydrogen) atoms. The fraction of sp³-hybridized carbons (Fsp3) is 0.316. The molecule has 0 heterocycles. The van der Waals surface area contributed by atoms with Gasteiger partial charge < -0.3 is 0 Å².